The van der Waals surface area contributed by atoms with E-state index < -0.39 is 22.6 Å². The van der Waals surface area contributed by atoms with Crippen LogP contribution in [0.1, 0.15) is 116 Å². The fourth-order valence-electron chi connectivity index (χ4n) is 6.92. The molecule has 8 nitrogen and oxygen atoms in total. The van der Waals surface area contributed by atoms with Gasteiger partial charge in [-0.25, -0.2) is 14.4 Å². The Morgan fingerprint density at radius 1 is 0.500 bits per heavy atom. The lowest BCUT2D eigenvalue weighted by atomic mass is 10.0. The van der Waals surface area contributed by atoms with Gasteiger partial charge in [-0.05, 0) is 125 Å². The first kappa shape index (κ1) is 48.4. The summed E-state index contributed by atoms with van der Waals surface area (Å²) in [5.74, 6) is -0.239. The van der Waals surface area contributed by atoms with E-state index in [0.29, 0.717) is 43.3 Å². The molecule has 0 aliphatic rings. The quantitative estimate of drug-likeness (QED) is 0.0215. The summed E-state index contributed by atoms with van der Waals surface area (Å²) in [5.41, 5.74) is 4.60. The van der Waals surface area contributed by atoms with Crippen LogP contribution in [0.5, 0.6) is 5.75 Å². The minimum absolute atomic E-state index is 0.243. The second kappa shape index (κ2) is 26.9. The zero-order chi connectivity index (χ0) is 42.1. The van der Waals surface area contributed by atoms with E-state index >= 15 is 0 Å². The predicted molar refractivity (Wildman–Crippen MR) is 241 cm³/mol. The van der Waals surface area contributed by atoms with Gasteiger partial charge in [0.1, 0.15) is 5.75 Å². The number of hydrogen-bond donors (Lipinski definition) is 0. The average Bonchev–Trinajstić information content (AvgIpc) is 3.20. The van der Waals surface area contributed by atoms with Gasteiger partial charge in [0.15, 0.2) is 16.6 Å². The molecule has 0 spiro atoms. The second-order valence-electron chi connectivity index (χ2n) is 16.5. The summed E-state index contributed by atoms with van der Waals surface area (Å²) in [7, 11) is -3.52. The molecule has 0 bridgehead atoms. The highest BCUT2D eigenvalue weighted by Crippen LogP contribution is 2.26. The van der Waals surface area contributed by atoms with E-state index in [4.69, 9.17) is 23.1 Å². The van der Waals surface area contributed by atoms with E-state index in [2.05, 4.69) is 64.0 Å². The first-order valence-electron chi connectivity index (χ1n) is 21.6. The lowest BCUT2D eigenvalue weighted by Crippen LogP contribution is -2.44. The van der Waals surface area contributed by atoms with Crippen molar-refractivity contribution in [2.75, 3.05) is 26.4 Å². The summed E-state index contributed by atoms with van der Waals surface area (Å²) in [6.07, 6.45) is 16.3. The molecular formula is C48H70O8Si2. The van der Waals surface area contributed by atoms with Crippen LogP contribution in [0.3, 0.4) is 0 Å². The van der Waals surface area contributed by atoms with Crippen LogP contribution in [0, 0.1) is 6.92 Å². The number of benzene rings is 3. The SMILES string of the molecule is C=CC(=O)OCCCCCOc1ccc(C(=O)OCCCC[Si](C)(C)O[Si](C)(C)CCCCCCCCCCCOC(=O)c2ccc(-c3ccc(C)cc3)cc2)cc1. The van der Waals surface area contributed by atoms with Crippen LogP contribution in [-0.4, -0.2) is 61.0 Å². The summed E-state index contributed by atoms with van der Waals surface area (Å²) in [6, 6.07) is 25.4. The number of hydrogen-bond acceptors (Lipinski definition) is 8. The summed E-state index contributed by atoms with van der Waals surface area (Å²) >= 11 is 0. The van der Waals surface area contributed by atoms with Gasteiger partial charge in [0.2, 0.25) is 0 Å². The van der Waals surface area contributed by atoms with Crippen molar-refractivity contribution in [1.29, 1.82) is 0 Å². The van der Waals surface area contributed by atoms with Crippen molar-refractivity contribution in [3.05, 3.63) is 102 Å². The second-order valence-corrected chi connectivity index (χ2v) is 25.4. The fourth-order valence-corrected chi connectivity index (χ4v) is 15.9. The van der Waals surface area contributed by atoms with Gasteiger partial charge in [-0.2, -0.15) is 0 Å². The Labute approximate surface area is 351 Å². The number of esters is 3. The first-order valence-corrected chi connectivity index (χ1v) is 27.8. The topological polar surface area (TPSA) is 97.4 Å². The number of carbonyl (C=O) groups excluding carboxylic acids is 3. The molecule has 3 aromatic rings. The van der Waals surface area contributed by atoms with Gasteiger partial charge in [0.25, 0.3) is 0 Å². The smallest absolute Gasteiger partial charge is 0.338 e. The zero-order valence-electron chi connectivity index (χ0n) is 36.1. The Balaban J connectivity index is 1.13. The highest BCUT2D eigenvalue weighted by molar-refractivity contribution is 6.84. The van der Waals surface area contributed by atoms with E-state index in [1.165, 1.54) is 62.6 Å². The van der Waals surface area contributed by atoms with Crippen LogP contribution in [0.2, 0.25) is 38.3 Å². The molecular weight excluding hydrogens is 761 g/mol. The molecule has 3 aromatic carbocycles. The van der Waals surface area contributed by atoms with Crippen molar-refractivity contribution in [2.24, 2.45) is 0 Å². The van der Waals surface area contributed by atoms with Crippen LogP contribution >= 0.6 is 0 Å². The number of aryl methyl sites for hydroxylation is 1. The van der Waals surface area contributed by atoms with Gasteiger partial charge in [-0.3, -0.25) is 0 Å². The van der Waals surface area contributed by atoms with E-state index in [0.717, 1.165) is 62.1 Å². The maximum atomic E-state index is 12.5. The van der Waals surface area contributed by atoms with Crippen molar-refractivity contribution >= 4 is 34.5 Å². The van der Waals surface area contributed by atoms with Crippen molar-refractivity contribution < 1.29 is 37.4 Å². The Morgan fingerprint density at radius 3 is 1.40 bits per heavy atom. The molecule has 0 saturated carbocycles. The van der Waals surface area contributed by atoms with E-state index in [1.807, 2.05) is 24.3 Å². The van der Waals surface area contributed by atoms with Crippen LogP contribution in [0.25, 0.3) is 11.1 Å². The van der Waals surface area contributed by atoms with Gasteiger partial charge in [-0.1, -0.05) is 106 Å². The molecule has 0 unspecified atom stereocenters. The molecule has 0 aliphatic heterocycles. The summed E-state index contributed by atoms with van der Waals surface area (Å²) in [6.45, 7) is 16.7. The maximum absolute atomic E-state index is 12.5. The molecule has 0 amide bonds. The van der Waals surface area contributed by atoms with Crippen LogP contribution in [0.4, 0.5) is 0 Å². The van der Waals surface area contributed by atoms with Gasteiger partial charge in [0.05, 0.1) is 37.6 Å². The lowest BCUT2D eigenvalue weighted by molar-refractivity contribution is -0.137. The first-order chi connectivity index (χ1) is 27.9. The third-order valence-corrected chi connectivity index (χ3v) is 17.7. The predicted octanol–water partition coefficient (Wildman–Crippen LogP) is 12.7. The largest absolute Gasteiger partial charge is 0.494 e. The summed E-state index contributed by atoms with van der Waals surface area (Å²) in [5, 5.41) is 0. The number of rotatable bonds is 30. The molecule has 0 aliphatic carbocycles. The Bertz CT molecular complexity index is 1640. The van der Waals surface area contributed by atoms with Gasteiger partial charge < -0.3 is 23.1 Å². The molecule has 0 atom stereocenters. The highest BCUT2D eigenvalue weighted by Gasteiger charge is 2.32. The molecule has 0 radical (unpaired) electrons. The normalized spacial score (nSPS) is 11.5. The number of carbonyl (C=O) groups is 3. The molecule has 0 fully saturated rings. The third-order valence-electron chi connectivity index (χ3n) is 10.2. The summed E-state index contributed by atoms with van der Waals surface area (Å²) in [4.78, 5) is 36.1. The van der Waals surface area contributed by atoms with Gasteiger partial charge in [-0.15, -0.1) is 0 Å². The fraction of sp³-hybridized carbons (Fsp3) is 0.521. The molecule has 0 heterocycles. The van der Waals surface area contributed by atoms with Gasteiger partial charge in [0, 0.05) is 6.08 Å². The number of ether oxygens (including phenoxy) is 4. The molecule has 58 heavy (non-hydrogen) atoms. The van der Waals surface area contributed by atoms with Crippen molar-refractivity contribution in [3.8, 4) is 16.9 Å². The maximum Gasteiger partial charge on any atom is 0.338 e. The molecule has 318 valence electrons. The van der Waals surface area contributed by atoms with E-state index in [9.17, 15) is 14.4 Å². The minimum Gasteiger partial charge on any atom is -0.494 e. The third kappa shape index (κ3) is 20.6. The van der Waals surface area contributed by atoms with Crippen LogP contribution in [0.15, 0.2) is 85.5 Å². The average molecular weight is 831 g/mol. The van der Waals surface area contributed by atoms with Crippen LogP contribution < -0.4 is 4.74 Å². The van der Waals surface area contributed by atoms with Crippen molar-refractivity contribution in [3.63, 3.8) is 0 Å². The number of unbranched alkanes of at least 4 members (excludes halogenated alkanes) is 11. The molecule has 0 aromatic heterocycles. The molecule has 0 N–H and O–H groups in total. The molecule has 3 rings (SSSR count). The Hall–Kier alpha value is -4.00. The van der Waals surface area contributed by atoms with Gasteiger partial charge >= 0.3 is 17.9 Å². The minimum atomic E-state index is -1.80. The zero-order valence-corrected chi connectivity index (χ0v) is 38.1. The Morgan fingerprint density at radius 2 is 0.879 bits per heavy atom. The van der Waals surface area contributed by atoms with E-state index in [-0.39, 0.29) is 11.9 Å². The Kier molecular flexibility index (Phi) is 22.4. The standard InChI is InChI=1S/C48H70O8Si2/c1-7-46(49)53-35-18-15-17-34-52-45-32-30-44(31-33-45)48(51)55-37-19-21-39-58(5,6)56-57(3,4)38-20-14-12-10-8-9-11-13-16-36-54-47(50)43-28-26-42(27-29-43)41-24-22-40(2)23-25-41/h7,22-33H,1,8-21,34-39H2,2-6H3. The van der Waals surface area contributed by atoms with E-state index in [1.54, 1.807) is 24.3 Å². The summed E-state index contributed by atoms with van der Waals surface area (Å²) < 4.78 is 28.7. The highest BCUT2D eigenvalue weighted by atomic mass is 28.4. The lowest BCUT2D eigenvalue weighted by Gasteiger charge is -2.34. The monoisotopic (exact) mass is 830 g/mol. The van der Waals surface area contributed by atoms with Crippen LogP contribution in [-0.2, 0) is 23.1 Å². The van der Waals surface area contributed by atoms with Crippen molar-refractivity contribution in [2.45, 2.75) is 135 Å². The molecule has 10 heteroatoms. The molecule has 0 saturated heterocycles. The van der Waals surface area contributed by atoms with Crippen molar-refractivity contribution in [1.82, 2.24) is 0 Å².